The number of Topliss-reactive ketones (excluding diaryl/α,β-unsaturated/α-hetero) is 1. The molecule has 0 aliphatic heterocycles. The van der Waals surface area contributed by atoms with Crippen LogP contribution in [-0.2, 0) is 9.59 Å². The number of halogens is 2. The number of rotatable bonds is 4. The molecule has 3 nitrogen and oxygen atoms in total. The van der Waals surface area contributed by atoms with Gasteiger partial charge in [-0.2, -0.15) is 0 Å². The van der Waals surface area contributed by atoms with Crippen LogP contribution < -0.4 is 5.32 Å². The number of hydrogen-bond donors (Lipinski definition) is 1. The van der Waals surface area contributed by atoms with Crippen molar-refractivity contribution in [2.24, 2.45) is 34.5 Å². The monoisotopic (exact) mass is 355 g/mol. The normalized spacial score (nSPS) is 35.4. The van der Waals surface area contributed by atoms with Crippen LogP contribution in [0, 0.1) is 34.5 Å². The molecule has 0 aromatic heterocycles. The van der Waals surface area contributed by atoms with Gasteiger partial charge in [0.05, 0.1) is 5.92 Å². The van der Waals surface area contributed by atoms with Crippen LogP contribution in [0.4, 0.5) is 0 Å². The van der Waals surface area contributed by atoms with Crippen LogP contribution in [0.15, 0.2) is 21.8 Å². The second kappa shape index (κ2) is 5.10. The van der Waals surface area contributed by atoms with Crippen molar-refractivity contribution in [1.82, 2.24) is 5.32 Å². The average Bonchev–Trinajstić information content (AvgIpc) is 3.00. The Morgan fingerprint density at radius 3 is 2.30 bits per heavy atom. The van der Waals surface area contributed by atoms with Crippen LogP contribution in [0.25, 0.3) is 0 Å². The summed E-state index contributed by atoms with van der Waals surface area (Å²) in [6.45, 7) is 10.0. The predicted molar refractivity (Wildman–Crippen MR) is 91.8 cm³/mol. The number of nitrogens with one attached hydrogen (secondary N) is 1. The lowest BCUT2D eigenvalue weighted by Crippen LogP contribution is -2.28. The topological polar surface area (TPSA) is 46.2 Å². The summed E-state index contributed by atoms with van der Waals surface area (Å²) in [6, 6.07) is 0. The van der Waals surface area contributed by atoms with Crippen molar-refractivity contribution < 1.29 is 9.59 Å². The Balaban J connectivity index is 1.77. The van der Waals surface area contributed by atoms with E-state index in [1.165, 1.54) is 0 Å². The average molecular weight is 356 g/mol. The standard InChI is InChI=1S/C18H23Cl2NO2/c1-8(22)13-11(6-9-14(13)17(9,2)3)21-16(23)15-10(7-12(19)20)18(15,4)5/h7,9-10,14-15H,6H2,1-5H3,(H,21,23)/t9-,10+,14-,15+/m1/s1. The fourth-order valence-electron chi connectivity index (χ4n) is 4.62. The van der Waals surface area contributed by atoms with E-state index in [-0.39, 0.29) is 38.8 Å². The van der Waals surface area contributed by atoms with Crippen molar-refractivity contribution in [1.29, 1.82) is 0 Å². The van der Waals surface area contributed by atoms with E-state index in [1.807, 2.05) is 13.8 Å². The Bertz CT molecular complexity index is 656. The van der Waals surface area contributed by atoms with Crippen LogP contribution in [0.2, 0.25) is 0 Å². The predicted octanol–water partition coefficient (Wildman–Crippen LogP) is 4.21. The lowest BCUT2D eigenvalue weighted by Gasteiger charge is -2.16. The molecule has 0 saturated heterocycles. The molecule has 3 aliphatic carbocycles. The van der Waals surface area contributed by atoms with Gasteiger partial charge in [0.15, 0.2) is 5.78 Å². The zero-order valence-electron chi connectivity index (χ0n) is 14.2. The van der Waals surface area contributed by atoms with Crippen molar-refractivity contribution in [3.8, 4) is 0 Å². The first-order chi connectivity index (χ1) is 10.5. The zero-order chi connectivity index (χ0) is 17.3. The SMILES string of the molecule is CC(=O)C1=C(NC(=O)[C@@H]2[C@H](C=C(Cl)Cl)C2(C)C)C[C@@H]2[C@H]1C2(C)C. The molecule has 0 spiro atoms. The molecule has 0 aromatic rings. The summed E-state index contributed by atoms with van der Waals surface area (Å²) < 4.78 is 0.200. The Morgan fingerprint density at radius 1 is 1.17 bits per heavy atom. The van der Waals surface area contributed by atoms with E-state index >= 15 is 0 Å². The quantitative estimate of drug-likeness (QED) is 0.820. The highest BCUT2D eigenvalue weighted by atomic mass is 35.5. The Kier molecular flexibility index (Phi) is 3.77. The van der Waals surface area contributed by atoms with E-state index in [0.29, 0.717) is 11.8 Å². The van der Waals surface area contributed by atoms with E-state index < -0.39 is 0 Å². The molecule has 126 valence electrons. The molecule has 2 saturated carbocycles. The molecule has 0 radical (unpaired) electrons. The van der Waals surface area contributed by atoms with E-state index in [4.69, 9.17) is 23.2 Å². The van der Waals surface area contributed by atoms with Crippen molar-refractivity contribution in [3.63, 3.8) is 0 Å². The fourth-order valence-corrected chi connectivity index (χ4v) is 4.89. The Hall–Kier alpha value is -0.800. The molecule has 3 aliphatic rings. The number of hydrogen-bond acceptors (Lipinski definition) is 2. The molecule has 2 fully saturated rings. The highest BCUT2D eigenvalue weighted by Crippen LogP contribution is 2.68. The van der Waals surface area contributed by atoms with Crippen LogP contribution in [0.5, 0.6) is 0 Å². The van der Waals surface area contributed by atoms with Crippen molar-refractivity contribution >= 4 is 34.9 Å². The van der Waals surface area contributed by atoms with Crippen LogP contribution in [0.1, 0.15) is 41.0 Å². The maximum atomic E-state index is 12.6. The van der Waals surface area contributed by atoms with Crippen LogP contribution in [-0.4, -0.2) is 11.7 Å². The second-order valence-electron chi connectivity index (χ2n) is 8.33. The number of fused-ring (bicyclic) bond motifs is 1. The number of allylic oxidation sites excluding steroid dienone is 3. The van der Waals surface area contributed by atoms with Crippen LogP contribution in [0.3, 0.4) is 0 Å². The highest BCUT2D eigenvalue weighted by molar-refractivity contribution is 6.55. The molecule has 1 N–H and O–H groups in total. The Morgan fingerprint density at radius 2 is 1.78 bits per heavy atom. The van der Waals surface area contributed by atoms with Gasteiger partial charge in [0, 0.05) is 11.3 Å². The fraction of sp³-hybridized carbons (Fsp3) is 0.667. The van der Waals surface area contributed by atoms with E-state index in [9.17, 15) is 9.59 Å². The minimum Gasteiger partial charge on any atom is -0.329 e. The largest absolute Gasteiger partial charge is 0.329 e. The summed E-state index contributed by atoms with van der Waals surface area (Å²) >= 11 is 11.5. The Labute approximate surface area is 147 Å². The summed E-state index contributed by atoms with van der Waals surface area (Å²) in [5.74, 6) is 0.724. The maximum Gasteiger partial charge on any atom is 0.228 e. The molecule has 0 heterocycles. The first-order valence-corrected chi connectivity index (χ1v) is 8.82. The molecule has 1 amide bonds. The van der Waals surface area contributed by atoms with Gasteiger partial charge in [-0.15, -0.1) is 0 Å². The summed E-state index contributed by atoms with van der Waals surface area (Å²) in [7, 11) is 0. The molecule has 3 rings (SSSR count). The second-order valence-corrected chi connectivity index (χ2v) is 9.34. The van der Waals surface area contributed by atoms with Gasteiger partial charge in [0.2, 0.25) is 5.91 Å². The van der Waals surface area contributed by atoms with Gasteiger partial charge < -0.3 is 5.32 Å². The highest BCUT2D eigenvalue weighted by Gasteiger charge is 2.65. The molecule has 5 heteroatoms. The van der Waals surface area contributed by atoms with E-state index in [1.54, 1.807) is 13.0 Å². The smallest absolute Gasteiger partial charge is 0.228 e. The van der Waals surface area contributed by atoms with Crippen molar-refractivity contribution in [2.75, 3.05) is 0 Å². The first-order valence-electron chi connectivity index (χ1n) is 8.07. The van der Waals surface area contributed by atoms with E-state index in [0.717, 1.165) is 17.7 Å². The third kappa shape index (κ3) is 2.56. The molecule has 23 heavy (non-hydrogen) atoms. The third-order valence-corrected chi connectivity index (χ3v) is 6.51. The summed E-state index contributed by atoms with van der Waals surface area (Å²) in [4.78, 5) is 24.7. The molecule has 0 bridgehead atoms. The van der Waals surface area contributed by atoms with Crippen molar-refractivity contribution in [2.45, 2.75) is 41.0 Å². The van der Waals surface area contributed by atoms with Gasteiger partial charge in [-0.05, 0) is 48.0 Å². The number of carbonyl (C=O) groups is 2. The first kappa shape index (κ1) is 17.0. The summed E-state index contributed by atoms with van der Waals surface area (Å²) in [5.41, 5.74) is 1.69. The maximum absolute atomic E-state index is 12.6. The minimum absolute atomic E-state index is 0.0290. The van der Waals surface area contributed by atoms with Gasteiger partial charge in [-0.1, -0.05) is 50.9 Å². The molecule has 4 atom stereocenters. The zero-order valence-corrected chi connectivity index (χ0v) is 15.7. The molecular formula is C18H23Cl2NO2. The minimum atomic E-state index is -0.156. The lowest BCUT2D eigenvalue weighted by molar-refractivity contribution is -0.122. The van der Waals surface area contributed by atoms with E-state index in [2.05, 4.69) is 19.2 Å². The van der Waals surface area contributed by atoms with Gasteiger partial charge in [0.1, 0.15) is 4.49 Å². The van der Waals surface area contributed by atoms with Crippen LogP contribution >= 0.6 is 23.2 Å². The summed E-state index contributed by atoms with van der Waals surface area (Å²) in [6.07, 6.45) is 2.53. The molecule has 0 aromatic carbocycles. The number of carbonyl (C=O) groups excluding carboxylic acids is 2. The van der Waals surface area contributed by atoms with Gasteiger partial charge >= 0.3 is 0 Å². The van der Waals surface area contributed by atoms with Gasteiger partial charge in [0.25, 0.3) is 0 Å². The van der Waals surface area contributed by atoms with Gasteiger partial charge in [-0.3, -0.25) is 9.59 Å². The summed E-state index contributed by atoms with van der Waals surface area (Å²) in [5, 5.41) is 3.03. The number of amides is 1. The number of ketones is 1. The third-order valence-electron chi connectivity index (χ3n) is 6.26. The van der Waals surface area contributed by atoms with Crippen molar-refractivity contribution in [3.05, 3.63) is 21.8 Å². The lowest BCUT2D eigenvalue weighted by atomic mass is 9.96. The molecular weight excluding hydrogens is 333 g/mol. The van der Waals surface area contributed by atoms with Gasteiger partial charge in [-0.25, -0.2) is 0 Å². The molecule has 0 unspecified atom stereocenters.